The van der Waals surface area contributed by atoms with Crippen LogP contribution < -0.4 is 5.73 Å². The van der Waals surface area contributed by atoms with Crippen molar-refractivity contribution in [3.05, 3.63) is 0 Å². The summed E-state index contributed by atoms with van der Waals surface area (Å²) in [5.74, 6) is -1.43. The Balaban J connectivity index is 3.85. The average molecular weight is 160 g/mol. The van der Waals surface area contributed by atoms with Gasteiger partial charge in [-0.05, 0) is 0 Å². The lowest BCUT2D eigenvalue weighted by Gasteiger charge is -2.11. The van der Waals surface area contributed by atoms with Gasteiger partial charge in [0.25, 0.3) is 0 Å². The monoisotopic (exact) mass is 160 g/mol. The molecule has 1 atom stereocenters. The van der Waals surface area contributed by atoms with Crippen molar-refractivity contribution in [1.82, 2.24) is 4.90 Å². The van der Waals surface area contributed by atoms with Crippen molar-refractivity contribution in [1.29, 1.82) is 0 Å². The Labute approximate surface area is 64.8 Å². The van der Waals surface area contributed by atoms with Gasteiger partial charge in [0.05, 0.1) is 6.42 Å². The lowest BCUT2D eigenvalue weighted by molar-refractivity contribution is -0.141. The molecular formula is C6H12N2O3. The second-order valence-electron chi connectivity index (χ2n) is 2.44. The Morgan fingerprint density at radius 3 is 2.27 bits per heavy atom. The molecule has 64 valence electrons. The maximum atomic E-state index is 10.8. The largest absolute Gasteiger partial charge is 0.480 e. The van der Waals surface area contributed by atoms with E-state index in [1.807, 2.05) is 0 Å². The summed E-state index contributed by atoms with van der Waals surface area (Å²) < 4.78 is 0. The van der Waals surface area contributed by atoms with Crippen LogP contribution in [0.4, 0.5) is 0 Å². The molecule has 0 saturated heterocycles. The van der Waals surface area contributed by atoms with Crippen LogP contribution in [0.2, 0.25) is 0 Å². The topological polar surface area (TPSA) is 83.6 Å². The Bertz CT molecular complexity index is 167. The minimum atomic E-state index is -1.15. The minimum Gasteiger partial charge on any atom is -0.480 e. The molecule has 1 unspecified atom stereocenters. The van der Waals surface area contributed by atoms with Crippen molar-refractivity contribution >= 4 is 11.9 Å². The van der Waals surface area contributed by atoms with Crippen molar-refractivity contribution in [3.8, 4) is 0 Å². The molecule has 0 aliphatic carbocycles. The van der Waals surface area contributed by atoms with Gasteiger partial charge in [0.15, 0.2) is 0 Å². The number of hydrogen-bond donors (Lipinski definition) is 2. The highest BCUT2D eigenvalue weighted by atomic mass is 16.4. The van der Waals surface area contributed by atoms with Gasteiger partial charge in [-0.1, -0.05) is 0 Å². The third-order valence-corrected chi connectivity index (χ3v) is 1.21. The van der Waals surface area contributed by atoms with Crippen molar-refractivity contribution in [2.45, 2.75) is 12.5 Å². The molecule has 0 bridgehead atoms. The van der Waals surface area contributed by atoms with E-state index >= 15 is 0 Å². The van der Waals surface area contributed by atoms with Gasteiger partial charge in [0.1, 0.15) is 6.04 Å². The number of carboxylic acids is 1. The molecule has 0 rings (SSSR count). The molecule has 0 aromatic rings. The van der Waals surface area contributed by atoms with Gasteiger partial charge < -0.3 is 15.7 Å². The summed E-state index contributed by atoms with van der Waals surface area (Å²) in [6, 6.07) is -1.09. The van der Waals surface area contributed by atoms with E-state index in [1.54, 1.807) is 14.1 Å². The van der Waals surface area contributed by atoms with Crippen LogP contribution in [0, 0.1) is 0 Å². The van der Waals surface area contributed by atoms with Crippen molar-refractivity contribution in [2.75, 3.05) is 14.1 Å². The molecule has 3 N–H and O–H groups in total. The second-order valence-corrected chi connectivity index (χ2v) is 2.44. The molecule has 0 aliphatic heterocycles. The highest BCUT2D eigenvalue weighted by Crippen LogP contribution is 1.91. The molecule has 0 aromatic carbocycles. The zero-order valence-electron chi connectivity index (χ0n) is 6.57. The molecule has 11 heavy (non-hydrogen) atoms. The molecule has 0 aliphatic rings. The van der Waals surface area contributed by atoms with Crippen LogP contribution in [-0.4, -0.2) is 42.0 Å². The van der Waals surface area contributed by atoms with Gasteiger partial charge in [-0.15, -0.1) is 0 Å². The quantitative estimate of drug-likeness (QED) is 0.547. The number of carbonyl (C=O) groups excluding carboxylic acids is 1. The summed E-state index contributed by atoms with van der Waals surface area (Å²) in [6.45, 7) is 0. The molecule has 5 nitrogen and oxygen atoms in total. The highest BCUT2D eigenvalue weighted by molar-refractivity contribution is 5.83. The SMILES string of the molecule is CN(C)C(=O)CC(N)C(=O)O. The Kier molecular flexibility index (Phi) is 3.53. The third kappa shape index (κ3) is 3.57. The number of nitrogens with zero attached hydrogens (tertiary/aromatic N) is 1. The van der Waals surface area contributed by atoms with Crippen molar-refractivity contribution < 1.29 is 14.7 Å². The number of amides is 1. The average Bonchev–Trinajstić information content (AvgIpc) is 1.87. The van der Waals surface area contributed by atoms with Crippen LogP contribution in [0.5, 0.6) is 0 Å². The molecule has 0 spiro atoms. The van der Waals surface area contributed by atoms with Crippen LogP contribution >= 0.6 is 0 Å². The lowest BCUT2D eigenvalue weighted by atomic mass is 10.2. The molecular weight excluding hydrogens is 148 g/mol. The number of rotatable bonds is 3. The summed E-state index contributed by atoms with van der Waals surface area (Å²) in [6.07, 6.45) is -0.150. The fraction of sp³-hybridized carbons (Fsp3) is 0.667. The first-order chi connectivity index (χ1) is 4.95. The minimum absolute atomic E-state index is 0.150. The van der Waals surface area contributed by atoms with Gasteiger partial charge in [0.2, 0.25) is 5.91 Å². The maximum absolute atomic E-state index is 10.8. The number of carboxylic acid groups (broad SMARTS) is 1. The number of carbonyl (C=O) groups is 2. The van der Waals surface area contributed by atoms with Crippen LogP contribution in [-0.2, 0) is 9.59 Å². The van der Waals surface area contributed by atoms with Crippen molar-refractivity contribution in [3.63, 3.8) is 0 Å². The summed E-state index contributed by atoms with van der Waals surface area (Å²) >= 11 is 0. The Morgan fingerprint density at radius 2 is 2.00 bits per heavy atom. The van der Waals surface area contributed by atoms with E-state index in [4.69, 9.17) is 10.8 Å². The van der Waals surface area contributed by atoms with Crippen LogP contribution in [0.1, 0.15) is 6.42 Å². The zero-order valence-corrected chi connectivity index (χ0v) is 6.57. The van der Waals surface area contributed by atoms with Gasteiger partial charge in [-0.25, -0.2) is 0 Å². The number of nitrogens with two attached hydrogens (primary N) is 1. The second kappa shape index (κ2) is 3.92. The lowest BCUT2D eigenvalue weighted by Crippen LogP contribution is -2.36. The predicted molar refractivity (Wildman–Crippen MR) is 38.9 cm³/mol. The van der Waals surface area contributed by atoms with E-state index in [0.717, 1.165) is 0 Å². The van der Waals surface area contributed by atoms with Gasteiger partial charge in [0, 0.05) is 14.1 Å². The molecule has 0 fully saturated rings. The standard InChI is InChI=1S/C6H12N2O3/c1-8(2)5(9)3-4(7)6(10)11/h4H,3,7H2,1-2H3,(H,10,11). The van der Waals surface area contributed by atoms with Crippen LogP contribution in [0.25, 0.3) is 0 Å². The summed E-state index contributed by atoms with van der Waals surface area (Å²) in [7, 11) is 3.10. The molecule has 1 amide bonds. The van der Waals surface area contributed by atoms with E-state index in [9.17, 15) is 9.59 Å². The van der Waals surface area contributed by atoms with E-state index in [1.165, 1.54) is 4.90 Å². The molecule has 0 radical (unpaired) electrons. The van der Waals surface area contributed by atoms with Crippen LogP contribution in [0.3, 0.4) is 0 Å². The smallest absolute Gasteiger partial charge is 0.321 e. The van der Waals surface area contributed by atoms with Crippen LogP contribution in [0.15, 0.2) is 0 Å². The molecule has 0 heterocycles. The predicted octanol–water partition coefficient (Wildman–Crippen LogP) is -1.12. The third-order valence-electron chi connectivity index (χ3n) is 1.21. The van der Waals surface area contributed by atoms with E-state index in [2.05, 4.69) is 0 Å². The first kappa shape index (κ1) is 9.90. The molecule has 0 aromatic heterocycles. The van der Waals surface area contributed by atoms with E-state index in [0.29, 0.717) is 0 Å². The normalized spacial score (nSPS) is 12.3. The zero-order chi connectivity index (χ0) is 9.02. The van der Waals surface area contributed by atoms with E-state index < -0.39 is 12.0 Å². The Morgan fingerprint density at radius 1 is 1.55 bits per heavy atom. The highest BCUT2D eigenvalue weighted by Gasteiger charge is 2.16. The fourth-order valence-electron chi connectivity index (χ4n) is 0.458. The summed E-state index contributed by atoms with van der Waals surface area (Å²) in [4.78, 5) is 22.3. The number of aliphatic carboxylic acids is 1. The summed E-state index contributed by atoms with van der Waals surface area (Å²) in [5, 5.41) is 8.32. The summed E-state index contributed by atoms with van der Waals surface area (Å²) in [5.41, 5.74) is 5.11. The molecule has 0 saturated carbocycles. The van der Waals surface area contributed by atoms with Gasteiger partial charge in [-0.3, -0.25) is 9.59 Å². The van der Waals surface area contributed by atoms with E-state index in [-0.39, 0.29) is 12.3 Å². The first-order valence-electron chi connectivity index (χ1n) is 3.13. The van der Waals surface area contributed by atoms with Gasteiger partial charge in [-0.2, -0.15) is 0 Å². The van der Waals surface area contributed by atoms with Crippen molar-refractivity contribution in [2.24, 2.45) is 5.73 Å². The maximum Gasteiger partial charge on any atom is 0.321 e. The molecule has 5 heteroatoms. The first-order valence-corrected chi connectivity index (χ1v) is 3.13. The Hall–Kier alpha value is -1.10. The number of hydrogen-bond acceptors (Lipinski definition) is 3. The van der Waals surface area contributed by atoms with Gasteiger partial charge >= 0.3 is 5.97 Å². The fourth-order valence-corrected chi connectivity index (χ4v) is 0.458.